The highest BCUT2D eigenvalue weighted by molar-refractivity contribution is 6.53. The Morgan fingerprint density at radius 2 is 0.702 bits per heavy atom. The summed E-state index contributed by atoms with van der Waals surface area (Å²) in [6.45, 7) is 8.79. The van der Waals surface area contributed by atoms with Gasteiger partial charge < -0.3 is 16.0 Å². The van der Waals surface area contributed by atoms with E-state index in [0.29, 0.717) is 53.0 Å². The number of anilines is 3. The highest BCUT2D eigenvalue weighted by atomic mass is 16.2. The van der Waals surface area contributed by atoms with Gasteiger partial charge in [0, 0.05) is 21.7 Å². The Labute approximate surface area is 270 Å². The maximum absolute atomic E-state index is 13.3. The van der Waals surface area contributed by atoms with Crippen molar-refractivity contribution in [2.75, 3.05) is 16.0 Å². The van der Waals surface area contributed by atoms with Crippen LogP contribution in [-0.2, 0) is 30.6 Å². The molecule has 9 heteroatoms. The van der Waals surface area contributed by atoms with Gasteiger partial charge in [-0.3, -0.25) is 28.8 Å². The van der Waals surface area contributed by atoms with E-state index in [-0.39, 0.29) is 0 Å². The minimum Gasteiger partial charge on any atom is -0.318 e. The van der Waals surface area contributed by atoms with Crippen molar-refractivity contribution < 1.29 is 28.8 Å². The molecule has 0 saturated heterocycles. The topological polar surface area (TPSA) is 139 Å². The Kier molecular flexibility index (Phi) is 5.12. The number of carbonyl (C=O) groups is 6. The van der Waals surface area contributed by atoms with Gasteiger partial charge in [0.25, 0.3) is 35.1 Å². The van der Waals surface area contributed by atoms with Crippen molar-refractivity contribution in [2.24, 2.45) is 5.41 Å². The standard InChI is InChI=1S/C38H33N3O6/c1-5-8-36-20-11-17-27(40-32(45)29(17)42)15-24(20)38(10-7-3)22-13-19-28(41-34(47)31(19)44)16-25(22)37(9-6-2,35(36,38)4)21-12-18-26(14-23(21)36)39-33(46)30(18)43/h11-16H,5-10H2,1-4H3,(H,39,43,46)(H,40,42,45)(H,41,44,47). The molecule has 236 valence electrons. The lowest BCUT2D eigenvalue weighted by molar-refractivity contribution is -0.112. The number of hydrogen-bond acceptors (Lipinski definition) is 6. The first-order chi connectivity index (χ1) is 22.5. The van der Waals surface area contributed by atoms with Crippen LogP contribution in [0.1, 0.15) is 131 Å². The second-order valence-corrected chi connectivity index (χ2v) is 14.3. The average molecular weight is 628 g/mol. The molecule has 0 bridgehead atoms. The molecule has 9 rings (SSSR count). The summed E-state index contributed by atoms with van der Waals surface area (Å²) >= 11 is 0. The Balaban J connectivity index is 1.53. The van der Waals surface area contributed by atoms with Crippen LogP contribution in [0.3, 0.4) is 0 Å². The minimum atomic E-state index is -0.695. The third kappa shape index (κ3) is 2.64. The first-order valence-corrected chi connectivity index (χ1v) is 16.6. The first-order valence-electron chi connectivity index (χ1n) is 16.6. The molecule has 3 unspecified atom stereocenters. The van der Waals surface area contributed by atoms with Crippen LogP contribution in [0.15, 0.2) is 36.4 Å². The maximum Gasteiger partial charge on any atom is 0.296 e. The monoisotopic (exact) mass is 627 g/mol. The fraction of sp³-hybridized carbons (Fsp3) is 0.368. The van der Waals surface area contributed by atoms with E-state index in [0.717, 1.165) is 52.6 Å². The van der Waals surface area contributed by atoms with Crippen LogP contribution in [-0.4, -0.2) is 35.1 Å². The lowest BCUT2D eigenvalue weighted by atomic mass is 9.48. The quantitative estimate of drug-likeness (QED) is 0.300. The van der Waals surface area contributed by atoms with Gasteiger partial charge in [0.1, 0.15) is 0 Å². The van der Waals surface area contributed by atoms with Gasteiger partial charge in [0.05, 0.1) is 33.8 Å². The second kappa shape index (κ2) is 8.51. The minimum absolute atomic E-state index is 0.345. The molecule has 0 fully saturated rings. The van der Waals surface area contributed by atoms with Crippen molar-refractivity contribution in [3.63, 3.8) is 0 Å². The molecule has 47 heavy (non-hydrogen) atoms. The second-order valence-electron chi connectivity index (χ2n) is 14.3. The zero-order valence-electron chi connectivity index (χ0n) is 26.7. The molecule has 3 amide bonds. The molecule has 0 radical (unpaired) electrons. The fourth-order valence-corrected chi connectivity index (χ4v) is 11.5. The average Bonchev–Trinajstić information content (AvgIpc) is 3.74. The summed E-state index contributed by atoms with van der Waals surface area (Å²) in [4.78, 5) is 77.9. The fourth-order valence-electron chi connectivity index (χ4n) is 11.5. The number of nitrogens with one attached hydrogen (secondary N) is 3. The summed E-state index contributed by atoms with van der Waals surface area (Å²) in [5, 5.41) is 8.43. The smallest absolute Gasteiger partial charge is 0.296 e. The molecule has 0 saturated carbocycles. The Bertz CT molecular complexity index is 1920. The highest BCUT2D eigenvalue weighted by Gasteiger charge is 2.83. The van der Waals surface area contributed by atoms with Crippen LogP contribution in [0.5, 0.6) is 0 Å². The zero-order valence-corrected chi connectivity index (χ0v) is 26.7. The van der Waals surface area contributed by atoms with E-state index >= 15 is 0 Å². The normalized spacial score (nSPS) is 29.6. The molecule has 0 aromatic heterocycles. The van der Waals surface area contributed by atoms with E-state index in [9.17, 15) is 28.8 Å². The highest BCUT2D eigenvalue weighted by Crippen LogP contribution is 2.85. The summed E-state index contributed by atoms with van der Waals surface area (Å²) in [6, 6.07) is 11.8. The first kappa shape index (κ1) is 28.3. The number of rotatable bonds is 6. The Morgan fingerprint density at radius 1 is 0.447 bits per heavy atom. The molecule has 9 nitrogen and oxygen atoms in total. The molecule has 0 spiro atoms. The molecule has 3 aromatic rings. The van der Waals surface area contributed by atoms with Crippen LogP contribution < -0.4 is 16.0 Å². The van der Waals surface area contributed by atoms with Crippen molar-refractivity contribution in [3.05, 3.63) is 86.5 Å². The molecule has 6 aliphatic rings. The van der Waals surface area contributed by atoms with Gasteiger partial charge in [-0.25, -0.2) is 0 Å². The number of fused-ring (bicyclic) bond motifs is 12. The van der Waals surface area contributed by atoms with Gasteiger partial charge in [0.2, 0.25) is 0 Å². The number of carbonyl (C=O) groups excluding carboxylic acids is 6. The van der Waals surface area contributed by atoms with E-state index in [1.807, 2.05) is 36.4 Å². The van der Waals surface area contributed by atoms with E-state index < -0.39 is 56.7 Å². The molecule has 3 atom stereocenters. The number of amides is 3. The summed E-state index contributed by atoms with van der Waals surface area (Å²) in [6.07, 6.45) is 4.51. The number of benzene rings is 3. The summed E-state index contributed by atoms with van der Waals surface area (Å²) < 4.78 is 0. The molecule has 3 aromatic carbocycles. The number of hydrogen-bond donors (Lipinski definition) is 3. The van der Waals surface area contributed by atoms with E-state index in [1.165, 1.54) is 0 Å². The summed E-state index contributed by atoms with van der Waals surface area (Å²) in [5.74, 6) is -3.69. The Morgan fingerprint density at radius 3 is 0.957 bits per heavy atom. The molecule has 3 N–H and O–H groups in total. The molecular formula is C38H33N3O6. The van der Waals surface area contributed by atoms with Gasteiger partial charge in [-0.15, -0.1) is 0 Å². The van der Waals surface area contributed by atoms with Crippen molar-refractivity contribution in [1.82, 2.24) is 0 Å². The van der Waals surface area contributed by atoms with Crippen molar-refractivity contribution in [1.29, 1.82) is 0 Å². The lowest BCUT2D eigenvalue weighted by Gasteiger charge is -2.53. The summed E-state index contributed by atoms with van der Waals surface area (Å²) in [5.41, 5.74) is 5.76. The largest absolute Gasteiger partial charge is 0.318 e. The van der Waals surface area contributed by atoms with Crippen LogP contribution >= 0.6 is 0 Å². The van der Waals surface area contributed by atoms with Gasteiger partial charge in [-0.2, -0.15) is 0 Å². The van der Waals surface area contributed by atoms with Crippen LogP contribution in [0, 0.1) is 5.41 Å². The third-order valence-corrected chi connectivity index (χ3v) is 12.8. The predicted molar refractivity (Wildman–Crippen MR) is 173 cm³/mol. The number of ketones is 3. The van der Waals surface area contributed by atoms with Crippen molar-refractivity contribution in [3.8, 4) is 0 Å². The lowest BCUT2D eigenvalue weighted by Crippen LogP contribution is -2.54. The van der Waals surface area contributed by atoms with Gasteiger partial charge >= 0.3 is 0 Å². The predicted octanol–water partition coefficient (Wildman–Crippen LogP) is 5.70. The van der Waals surface area contributed by atoms with Crippen LogP contribution in [0.2, 0.25) is 0 Å². The molecular weight excluding hydrogens is 594 g/mol. The van der Waals surface area contributed by atoms with E-state index in [4.69, 9.17) is 0 Å². The van der Waals surface area contributed by atoms with Crippen molar-refractivity contribution >= 4 is 52.1 Å². The number of Topliss-reactive ketones (excluding diaryl/α,β-unsaturated/α-hetero) is 3. The van der Waals surface area contributed by atoms with Crippen LogP contribution in [0.4, 0.5) is 17.1 Å². The summed E-state index contributed by atoms with van der Waals surface area (Å²) in [7, 11) is 0. The van der Waals surface area contributed by atoms with Gasteiger partial charge in [-0.1, -0.05) is 47.0 Å². The molecule has 3 aliphatic heterocycles. The van der Waals surface area contributed by atoms with Crippen molar-refractivity contribution in [2.45, 2.75) is 82.5 Å². The van der Waals surface area contributed by atoms with Gasteiger partial charge in [0.15, 0.2) is 0 Å². The Hall–Kier alpha value is -4.92. The van der Waals surface area contributed by atoms with Crippen LogP contribution in [0.25, 0.3) is 0 Å². The molecule has 3 aliphatic carbocycles. The third-order valence-electron chi connectivity index (χ3n) is 12.8. The maximum atomic E-state index is 13.3. The van der Waals surface area contributed by atoms with E-state index in [2.05, 4.69) is 43.6 Å². The van der Waals surface area contributed by atoms with E-state index in [1.54, 1.807) is 0 Å². The SMILES string of the molecule is CCCC12c3cc4c(cc3C3(CCC)c5cc6c(cc5C(CCC)(c5cc7c(cc51)C(=O)C(=O)N7)C23C)C(=O)C(=O)N6)C(=O)C(=O)N4. The molecule has 3 heterocycles. The zero-order chi connectivity index (χ0) is 33.0. The van der Waals surface area contributed by atoms with Gasteiger partial charge in [-0.05, 0) is 89.0 Å².